The largest absolute Gasteiger partial charge is 0.490 e. The van der Waals surface area contributed by atoms with Gasteiger partial charge in [-0.3, -0.25) is 4.79 Å². The smallest absolute Gasteiger partial charge is 0.475 e. The fraction of sp³-hybridized carbons (Fsp3) is 0.889. The Bertz CT molecular complexity index is 526. The second-order valence-corrected chi connectivity index (χ2v) is 7.54. The van der Waals surface area contributed by atoms with E-state index in [1.54, 1.807) is 6.92 Å². The van der Waals surface area contributed by atoms with Crippen molar-refractivity contribution in [3.05, 3.63) is 0 Å². The fourth-order valence-corrected chi connectivity index (χ4v) is 3.86. The Hall–Kier alpha value is -1.39. The van der Waals surface area contributed by atoms with Gasteiger partial charge in [-0.1, -0.05) is 0 Å². The van der Waals surface area contributed by atoms with Crippen molar-refractivity contribution in [3.63, 3.8) is 0 Å². The molecule has 0 aromatic carbocycles. The number of piperidine rings is 1. The monoisotopic (exact) mass is 410 g/mol. The van der Waals surface area contributed by atoms with Crippen LogP contribution in [0.3, 0.4) is 0 Å². The molecular weight excluding hydrogens is 381 g/mol. The number of hydrogen-bond donors (Lipinski definition) is 1. The topological polar surface area (TPSA) is 79.3 Å². The van der Waals surface area contributed by atoms with Gasteiger partial charge in [0.15, 0.2) is 0 Å². The lowest BCUT2D eigenvalue weighted by Gasteiger charge is -2.39. The van der Waals surface area contributed by atoms with Crippen molar-refractivity contribution >= 4 is 11.9 Å². The minimum absolute atomic E-state index is 0.184. The van der Waals surface area contributed by atoms with E-state index in [-0.39, 0.29) is 5.91 Å². The number of alkyl halides is 3. The molecule has 3 rings (SSSR count). The van der Waals surface area contributed by atoms with Crippen LogP contribution in [0.25, 0.3) is 0 Å². The lowest BCUT2D eigenvalue weighted by Crippen LogP contribution is -2.48. The van der Waals surface area contributed by atoms with Crippen LogP contribution in [0.2, 0.25) is 0 Å². The Labute approximate surface area is 162 Å². The molecule has 162 valence electrons. The van der Waals surface area contributed by atoms with Gasteiger partial charge in [0.25, 0.3) is 0 Å². The van der Waals surface area contributed by atoms with Gasteiger partial charge in [-0.2, -0.15) is 13.2 Å². The maximum absolute atomic E-state index is 11.6. The first-order valence-corrected chi connectivity index (χ1v) is 9.64. The molecule has 0 spiro atoms. The number of nitrogens with zero attached hydrogens (tertiary/aromatic N) is 2. The van der Waals surface area contributed by atoms with Crippen molar-refractivity contribution in [2.75, 3.05) is 52.5 Å². The second-order valence-electron chi connectivity index (χ2n) is 7.54. The normalized spacial score (nSPS) is 27.2. The van der Waals surface area contributed by atoms with Crippen molar-refractivity contribution in [3.8, 4) is 0 Å². The first kappa shape index (κ1) is 22.9. The molecule has 3 heterocycles. The summed E-state index contributed by atoms with van der Waals surface area (Å²) in [4.78, 5) is 25.0. The number of carbonyl (C=O) groups is 2. The highest BCUT2D eigenvalue weighted by atomic mass is 19.4. The Morgan fingerprint density at radius 2 is 1.71 bits per heavy atom. The van der Waals surface area contributed by atoms with Gasteiger partial charge in [0.1, 0.15) is 0 Å². The summed E-state index contributed by atoms with van der Waals surface area (Å²) in [6.45, 7) is 9.21. The highest BCUT2D eigenvalue weighted by molar-refractivity contribution is 5.73. The number of ether oxygens (including phenoxy) is 2. The number of aliphatic carboxylic acids is 1. The number of likely N-dealkylation sites (tertiary alicyclic amines) is 1. The summed E-state index contributed by atoms with van der Waals surface area (Å²) in [5.41, 5.74) is 0. The van der Waals surface area contributed by atoms with Crippen molar-refractivity contribution in [2.24, 2.45) is 11.8 Å². The molecule has 7 nitrogen and oxygen atoms in total. The lowest BCUT2D eigenvalue weighted by atomic mass is 9.91. The minimum Gasteiger partial charge on any atom is -0.475 e. The highest BCUT2D eigenvalue weighted by Crippen LogP contribution is 2.26. The number of halogens is 3. The number of rotatable bonds is 2. The van der Waals surface area contributed by atoms with Gasteiger partial charge < -0.3 is 24.4 Å². The zero-order chi connectivity index (χ0) is 20.7. The third-order valence-electron chi connectivity index (χ3n) is 5.47. The van der Waals surface area contributed by atoms with Crippen LogP contribution in [0.1, 0.15) is 26.2 Å². The van der Waals surface area contributed by atoms with E-state index >= 15 is 0 Å². The Morgan fingerprint density at radius 3 is 2.29 bits per heavy atom. The van der Waals surface area contributed by atoms with E-state index in [1.807, 2.05) is 4.90 Å². The van der Waals surface area contributed by atoms with Crippen molar-refractivity contribution < 1.29 is 37.3 Å². The van der Waals surface area contributed by atoms with E-state index < -0.39 is 12.1 Å². The molecule has 0 radical (unpaired) electrons. The molecule has 0 aromatic rings. The fourth-order valence-electron chi connectivity index (χ4n) is 3.86. The molecule has 0 aliphatic carbocycles. The molecule has 3 aliphatic heterocycles. The Balaban J connectivity index is 0.000000345. The van der Waals surface area contributed by atoms with Gasteiger partial charge in [0.05, 0.1) is 12.7 Å². The first-order chi connectivity index (χ1) is 13.2. The highest BCUT2D eigenvalue weighted by Gasteiger charge is 2.38. The maximum atomic E-state index is 11.6. The number of fused-ring (bicyclic) bond motifs is 1. The average molecular weight is 410 g/mol. The van der Waals surface area contributed by atoms with Crippen LogP contribution in [0, 0.1) is 11.8 Å². The number of carboxylic acid groups (broad SMARTS) is 1. The molecule has 3 saturated heterocycles. The van der Waals surface area contributed by atoms with Gasteiger partial charge in [-0.15, -0.1) is 0 Å². The zero-order valence-corrected chi connectivity index (χ0v) is 16.1. The molecule has 28 heavy (non-hydrogen) atoms. The van der Waals surface area contributed by atoms with Gasteiger partial charge in [0, 0.05) is 52.2 Å². The average Bonchev–Trinajstić information content (AvgIpc) is 2.84. The van der Waals surface area contributed by atoms with Crippen LogP contribution in [0.15, 0.2) is 0 Å². The summed E-state index contributed by atoms with van der Waals surface area (Å²) in [5, 5.41) is 7.12. The van der Waals surface area contributed by atoms with Gasteiger partial charge in [-0.25, -0.2) is 4.79 Å². The summed E-state index contributed by atoms with van der Waals surface area (Å²) in [6.07, 6.45) is -1.23. The summed E-state index contributed by atoms with van der Waals surface area (Å²) in [7, 11) is 0. The van der Waals surface area contributed by atoms with Crippen molar-refractivity contribution in [1.82, 2.24) is 9.80 Å². The molecule has 10 heteroatoms. The molecule has 1 N–H and O–H groups in total. The summed E-state index contributed by atoms with van der Waals surface area (Å²) in [5.74, 6) is -1.27. The molecule has 0 unspecified atom stereocenters. The molecular formula is C18H29F3N2O5. The SMILES string of the molecule is CC(=O)N1CCO[C@@H]2CN(CC3CCOCC3)CC[C@@H]2C1.O=C(O)C(F)(F)F. The van der Waals surface area contributed by atoms with E-state index in [0.29, 0.717) is 18.6 Å². The summed E-state index contributed by atoms with van der Waals surface area (Å²) >= 11 is 0. The lowest BCUT2D eigenvalue weighted by molar-refractivity contribution is -0.192. The van der Waals surface area contributed by atoms with Gasteiger partial charge >= 0.3 is 12.1 Å². The Kier molecular flexibility index (Phi) is 8.51. The maximum Gasteiger partial charge on any atom is 0.490 e. The van der Waals surface area contributed by atoms with Crippen LogP contribution in [-0.2, 0) is 19.1 Å². The van der Waals surface area contributed by atoms with E-state index in [4.69, 9.17) is 19.4 Å². The van der Waals surface area contributed by atoms with Crippen LogP contribution in [0.5, 0.6) is 0 Å². The van der Waals surface area contributed by atoms with Crippen LogP contribution in [0.4, 0.5) is 13.2 Å². The Morgan fingerprint density at radius 1 is 1.07 bits per heavy atom. The number of hydrogen-bond acceptors (Lipinski definition) is 5. The molecule has 3 fully saturated rings. The number of carbonyl (C=O) groups excluding carboxylic acids is 1. The number of amides is 1. The summed E-state index contributed by atoms with van der Waals surface area (Å²) < 4.78 is 43.2. The summed E-state index contributed by atoms with van der Waals surface area (Å²) in [6, 6.07) is 0. The molecule has 0 aromatic heterocycles. The predicted molar refractivity (Wildman–Crippen MR) is 93.8 cm³/mol. The van der Waals surface area contributed by atoms with E-state index in [9.17, 15) is 18.0 Å². The van der Waals surface area contributed by atoms with Crippen LogP contribution < -0.4 is 0 Å². The van der Waals surface area contributed by atoms with E-state index in [0.717, 1.165) is 51.7 Å². The van der Waals surface area contributed by atoms with Crippen molar-refractivity contribution in [1.29, 1.82) is 0 Å². The third-order valence-corrected chi connectivity index (χ3v) is 5.47. The van der Waals surface area contributed by atoms with E-state index in [1.165, 1.54) is 19.4 Å². The number of carboxylic acids is 1. The van der Waals surface area contributed by atoms with Crippen LogP contribution in [-0.4, -0.2) is 91.6 Å². The minimum atomic E-state index is -5.08. The molecule has 3 aliphatic rings. The molecule has 2 atom stereocenters. The third kappa shape index (κ3) is 7.21. The van der Waals surface area contributed by atoms with E-state index in [2.05, 4.69) is 4.90 Å². The molecule has 0 bridgehead atoms. The predicted octanol–water partition coefficient (Wildman–Crippen LogP) is 1.62. The molecule has 1 amide bonds. The zero-order valence-electron chi connectivity index (χ0n) is 16.1. The second kappa shape index (κ2) is 10.4. The van der Waals surface area contributed by atoms with Crippen LogP contribution >= 0.6 is 0 Å². The molecule has 0 saturated carbocycles. The first-order valence-electron chi connectivity index (χ1n) is 9.64. The van der Waals surface area contributed by atoms with Crippen molar-refractivity contribution in [2.45, 2.75) is 38.5 Å². The standard InChI is InChI=1S/C16H28N2O3.C2HF3O2/c1-13(19)18-6-9-21-16-12-17(5-2-15(16)11-18)10-14-3-7-20-8-4-14;3-2(4,5)1(6)7/h14-16H,2-12H2,1H3;(H,6,7)/t15-,16-;/m1./s1. The van der Waals surface area contributed by atoms with Gasteiger partial charge in [-0.05, 0) is 31.7 Å². The van der Waals surface area contributed by atoms with Gasteiger partial charge in [0.2, 0.25) is 5.91 Å². The quantitative estimate of drug-likeness (QED) is 0.745.